The third-order valence-electron chi connectivity index (χ3n) is 4.62. The second-order valence-corrected chi connectivity index (χ2v) is 7.36. The first-order chi connectivity index (χ1) is 11.9. The minimum atomic E-state index is -3.08. The smallest absolute Gasteiger partial charge is 0.482 e. The predicted molar refractivity (Wildman–Crippen MR) is 93.9 cm³/mol. The summed E-state index contributed by atoms with van der Waals surface area (Å²) in [6.07, 6.45) is 0. The quantitative estimate of drug-likeness (QED) is 0.569. The Bertz CT molecular complexity index is 654. The molecule has 0 radical (unpaired) electrons. The van der Waals surface area contributed by atoms with E-state index in [1.54, 1.807) is 6.92 Å². The molecule has 1 aliphatic heterocycles. The molecule has 144 valence electrons. The average Bonchev–Trinajstić information content (AvgIpc) is 2.73. The minimum absolute atomic E-state index is 0.127. The van der Waals surface area contributed by atoms with Gasteiger partial charge in [0.15, 0.2) is 6.61 Å². The van der Waals surface area contributed by atoms with Crippen molar-refractivity contribution in [3.8, 4) is 5.75 Å². The molecular formula is C18H25BF2O5. The highest BCUT2D eigenvalue weighted by atomic mass is 19.3. The first-order valence-corrected chi connectivity index (χ1v) is 8.53. The Morgan fingerprint density at radius 2 is 1.73 bits per heavy atom. The van der Waals surface area contributed by atoms with Gasteiger partial charge in [0, 0.05) is 12.5 Å². The topological polar surface area (TPSA) is 54.0 Å². The maximum atomic E-state index is 13.9. The number of hydrogen-bond donors (Lipinski definition) is 0. The van der Waals surface area contributed by atoms with Gasteiger partial charge in [-0.25, -0.2) is 13.6 Å². The molecule has 0 aromatic heterocycles. The number of benzene rings is 1. The number of carbonyl (C=O) groups excluding carboxylic acids is 1. The van der Waals surface area contributed by atoms with Gasteiger partial charge in [0.1, 0.15) is 5.75 Å². The van der Waals surface area contributed by atoms with Crippen LogP contribution in [0.3, 0.4) is 0 Å². The fourth-order valence-corrected chi connectivity index (χ4v) is 2.42. The van der Waals surface area contributed by atoms with Crippen LogP contribution >= 0.6 is 0 Å². The molecule has 0 aliphatic carbocycles. The molecule has 0 atom stereocenters. The van der Waals surface area contributed by atoms with E-state index in [1.807, 2.05) is 27.7 Å². The highest BCUT2D eigenvalue weighted by Crippen LogP contribution is 2.37. The Labute approximate surface area is 153 Å². The molecule has 5 nitrogen and oxygen atoms in total. The summed E-state index contributed by atoms with van der Waals surface area (Å²) in [7, 11) is -0.813. The van der Waals surface area contributed by atoms with Crippen LogP contribution in [0.1, 0.15) is 47.1 Å². The van der Waals surface area contributed by atoms with Gasteiger partial charge in [0.25, 0.3) is 5.92 Å². The Balaban J connectivity index is 2.31. The number of ether oxygens (including phenoxy) is 2. The molecule has 8 heteroatoms. The molecule has 1 aromatic rings. The van der Waals surface area contributed by atoms with Gasteiger partial charge in [0.2, 0.25) is 0 Å². The second-order valence-electron chi connectivity index (χ2n) is 7.36. The zero-order chi connectivity index (χ0) is 19.8. The van der Waals surface area contributed by atoms with E-state index in [4.69, 9.17) is 18.8 Å². The normalized spacial score (nSPS) is 18.7. The summed E-state index contributed by atoms with van der Waals surface area (Å²) in [4.78, 5) is 11.5. The largest absolute Gasteiger partial charge is 0.494 e. The molecular weight excluding hydrogens is 345 g/mol. The van der Waals surface area contributed by atoms with Gasteiger partial charge in [-0.2, -0.15) is 0 Å². The standard InChI is InChI=1S/C18H25BF2O5/c1-7-23-15(22)11-24-14-9-12(18(6,20)21)8-13(10-14)19-25-16(2,3)17(4,5)26-19/h8-10H,7,11H2,1-6H3. The van der Waals surface area contributed by atoms with Gasteiger partial charge in [-0.15, -0.1) is 0 Å². The van der Waals surface area contributed by atoms with E-state index in [1.165, 1.54) is 18.2 Å². The van der Waals surface area contributed by atoms with E-state index in [0.717, 1.165) is 6.92 Å². The fraction of sp³-hybridized carbons (Fsp3) is 0.611. The molecule has 0 spiro atoms. The van der Waals surface area contributed by atoms with E-state index >= 15 is 0 Å². The Kier molecular flexibility index (Phi) is 5.68. The van der Waals surface area contributed by atoms with Crippen LogP contribution in [0.2, 0.25) is 0 Å². The maximum absolute atomic E-state index is 13.9. The van der Waals surface area contributed by atoms with Crippen LogP contribution in [-0.4, -0.2) is 37.5 Å². The molecule has 0 amide bonds. The van der Waals surface area contributed by atoms with Gasteiger partial charge in [-0.1, -0.05) is 6.07 Å². The summed E-state index contributed by atoms with van der Waals surface area (Å²) in [5.74, 6) is -3.53. The minimum Gasteiger partial charge on any atom is -0.482 e. The third-order valence-corrected chi connectivity index (χ3v) is 4.62. The number of halogens is 2. The predicted octanol–water partition coefficient (Wildman–Crippen LogP) is 3.04. The molecule has 26 heavy (non-hydrogen) atoms. The van der Waals surface area contributed by atoms with Gasteiger partial charge < -0.3 is 18.8 Å². The highest BCUT2D eigenvalue weighted by molar-refractivity contribution is 6.62. The summed E-state index contributed by atoms with van der Waals surface area (Å²) in [5, 5.41) is 0. The van der Waals surface area contributed by atoms with E-state index in [0.29, 0.717) is 5.46 Å². The Morgan fingerprint density at radius 3 is 2.23 bits per heavy atom. The molecule has 1 heterocycles. The van der Waals surface area contributed by atoms with Gasteiger partial charge >= 0.3 is 13.1 Å². The zero-order valence-corrected chi connectivity index (χ0v) is 16.0. The third kappa shape index (κ3) is 4.54. The van der Waals surface area contributed by atoms with Gasteiger partial charge in [-0.3, -0.25) is 0 Å². The van der Waals surface area contributed by atoms with Crippen molar-refractivity contribution in [3.63, 3.8) is 0 Å². The van der Waals surface area contributed by atoms with Crippen molar-refractivity contribution in [2.45, 2.75) is 58.7 Å². The molecule has 1 aliphatic rings. The van der Waals surface area contributed by atoms with Crippen molar-refractivity contribution in [2.75, 3.05) is 13.2 Å². The van der Waals surface area contributed by atoms with Crippen LogP contribution in [0, 0.1) is 0 Å². The number of alkyl halides is 2. The fourth-order valence-electron chi connectivity index (χ4n) is 2.42. The SMILES string of the molecule is CCOC(=O)COc1cc(B2OC(C)(C)C(C)(C)O2)cc(C(C)(F)F)c1. The van der Waals surface area contributed by atoms with Crippen molar-refractivity contribution in [1.29, 1.82) is 0 Å². The first-order valence-electron chi connectivity index (χ1n) is 8.53. The number of esters is 1. The molecule has 0 bridgehead atoms. The lowest BCUT2D eigenvalue weighted by molar-refractivity contribution is -0.145. The number of carbonyl (C=O) groups is 1. The maximum Gasteiger partial charge on any atom is 0.494 e. The Hall–Kier alpha value is -1.67. The Morgan fingerprint density at radius 1 is 1.15 bits per heavy atom. The van der Waals surface area contributed by atoms with Crippen LogP contribution in [0.25, 0.3) is 0 Å². The summed E-state index contributed by atoms with van der Waals surface area (Å²) >= 11 is 0. The number of hydrogen-bond acceptors (Lipinski definition) is 5. The molecule has 0 unspecified atom stereocenters. The molecule has 2 rings (SSSR count). The van der Waals surface area contributed by atoms with Crippen molar-refractivity contribution < 1.29 is 32.4 Å². The molecule has 1 fully saturated rings. The summed E-state index contributed by atoms with van der Waals surface area (Å²) < 4.78 is 49.8. The van der Waals surface area contributed by atoms with Gasteiger partial charge in [0.05, 0.1) is 17.8 Å². The van der Waals surface area contributed by atoms with Crippen LogP contribution in [-0.2, 0) is 24.8 Å². The lowest BCUT2D eigenvalue weighted by Gasteiger charge is -2.32. The van der Waals surface area contributed by atoms with Crippen molar-refractivity contribution in [1.82, 2.24) is 0 Å². The number of rotatable bonds is 6. The van der Waals surface area contributed by atoms with E-state index in [2.05, 4.69) is 0 Å². The summed E-state index contributed by atoms with van der Waals surface area (Å²) in [5.41, 5.74) is -1.05. The lowest BCUT2D eigenvalue weighted by Crippen LogP contribution is -2.41. The van der Waals surface area contributed by atoms with E-state index in [-0.39, 0.29) is 24.5 Å². The second kappa shape index (κ2) is 7.16. The van der Waals surface area contributed by atoms with E-state index in [9.17, 15) is 13.6 Å². The van der Waals surface area contributed by atoms with Crippen molar-refractivity contribution >= 4 is 18.6 Å². The summed E-state index contributed by atoms with van der Waals surface area (Å²) in [6, 6.07) is 4.07. The lowest BCUT2D eigenvalue weighted by atomic mass is 9.78. The molecule has 0 saturated carbocycles. The highest BCUT2D eigenvalue weighted by Gasteiger charge is 2.52. The summed E-state index contributed by atoms with van der Waals surface area (Å²) in [6.45, 7) is 9.83. The van der Waals surface area contributed by atoms with Crippen LogP contribution in [0.15, 0.2) is 18.2 Å². The molecule has 0 N–H and O–H groups in total. The van der Waals surface area contributed by atoms with Gasteiger partial charge in [-0.05, 0) is 52.2 Å². The molecule has 1 saturated heterocycles. The molecule has 1 aromatic carbocycles. The van der Waals surface area contributed by atoms with Crippen LogP contribution in [0.5, 0.6) is 5.75 Å². The van der Waals surface area contributed by atoms with Crippen molar-refractivity contribution in [3.05, 3.63) is 23.8 Å². The van der Waals surface area contributed by atoms with Crippen molar-refractivity contribution in [2.24, 2.45) is 0 Å². The first kappa shape index (κ1) is 20.6. The average molecular weight is 370 g/mol. The van der Waals surface area contributed by atoms with Crippen LogP contribution in [0.4, 0.5) is 8.78 Å². The monoisotopic (exact) mass is 370 g/mol. The van der Waals surface area contributed by atoms with Crippen LogP contribution < -0.4 is 10.2 Å². The zero-order valence-electron chi connectivity index (χ0n) is 16.0. The van der Waals surface area contributed by atoms with E-state index < -0.39 is 30.2 Å².